The molecule has 0 aliphatic carbocycles. The fourth-order valence-electron chi connectivity index (χ4n) is 3.77. The van der Waals surface area contributed by atoms with Crippen molar-refractivity contribution < 1.29 is 4.79 Å². The summed E-state index contributed by atoms with van der Waals surface area (Å²) in [5.74, 6) is 0.784. The first-order valence-corrected chi connectivity index (χ1v) is 11.9. The topological polar surface area (TPSA) is 61.0 Å². The standard InChI is InChI=1S/C25H22N4OS2/c1-3-26-13-16(2)21-11-23-24(31-21)12-22(32-23)18-8-6-17(7-9-18)19-14-27-25(28-19)20-5-4-10-29(20)15-30/h3-9,11-15,20,26H,1,10H2,2H3,(H,27,28)/b16-13+. The predicted octanol–water partition coefficient (Wildman–Crippen LogP) is 6.18. The summed E-state index contributed by atoms with van der Waals surface area (Å²) in [4.78, 5) is 23.3. The number of rotatable bonds is 7. The van der Waals surface area contributed by atoms with Gasteiger partial charge in [0.1, 0.15) is 11.9 Å². The Hall–Kier alpha value is -3.42. The number of amides is 1. The highest BCUT2D eigenvalue weighted by molar-refractivity contribution is 7.30. The average Bonchev–Trinajstić information content (AvgIpc) is 3.59. The molecule has 0 spiro atoms. The van der Waals surface area contributed by atoms with Gasteiger partial charge in [-0.2, -0.15) is 0 Å². The quantitative estimate of drug-likeness (QED) is 0.257. The molecular weight excluding hydrogens is 436 g/mol. The van der Waals surface area contributed by atoms with Gasteiger partial charge in [-0.05, 0) is 42.0 Å². The van der Waals surface area contributed by atoms with Crippen LogP contribution in [0.3, 0.4) is 0 Å². The Morgan fingerprint density at radius 2 is 2.00 bits per heavy atom. The second-order valence-electron chi connectivity index (χ2n) is 7.58. The fourth-order valence-corrected chi connectivity index (χ4v) is 6.14. The Morgan fingerprint density at radius 3 is 2.75 bits per heavy atom. The number of H-pyrrole nitrogens is 1. The van der Waals surface area contributed by atoms with Gasteiger partial charge >= 0.3 is 0 Å². The minimum atomic E-state index is -0.115. The van der Waals surface area contributed by atoms with E-state index in [1.807, 2.05) is 47.2 Å². The molecule has 0 fully saturated rings. The molecule has 5 rings (SSSR count). The Bertz CT molecular complexity index is 1310. The molecule has 4 aromatic rings. The molecule has 0 bridgehead atoms. The van der Waals surface area contributed by atoms with Gasteiger partial charge in [0.05, 0.1) is 11.9 Å². The van der Waals surface area contributed by atoms with Crippen molar-refractivity contribution in [1.82, 2.24) is 20.2 Å². The van der Waals surface area contributed by atoms with E-state index in [1.165, 1.54) is 30.3 Å². The van der Waals surface area contributed by atoms with Gasteiger partial charge in [-0.15, -0.1) is 22.7 Å². The van der Waals surface area contributed by atoms with Crippen molar-refractivity contribution in [2.24, 2.45) is 0 Å². The van der Waals surface area contributed by atoms with Crippen LogP contribution in [-0.4, -0.2) is 27.8 Å². The number of fused-ring (bicyclic) bond motifs is 1. The van der Waals surface area contributed by atoms with Crippen LogP contribution in [0.1, 0.15) is 23.7 Å². The lowest BCUT2D eigenvalue weighted by molar-refractivity contribution is -0.118. The molecule has 0 saturated heterocycles. The van der Waals surface area contributed by atoms with Gasteiger partial charge < -0.3 is 15.2 Å². The monoisotopic (exact) mass is 458 g/mol. The number of carbonyl (C=O) groups is 1. The summed E-state index contributed by atoms with van der Waals surface area (Å²) < 4.78 is 2.61. The van der Waals surface area contributed by atoms with Crippen molar-refractivity contribution in [3.63, 3.8) is 0 Å². The van der Waals surface area contributed by atoms with Crippen LogP contribution in [0.15, 0.2) is 73.7 Å². The van der Waals surface area contributed by atoms with Crippen LogP contribution in [0, 0.1) is 0 Å². The fraction of sp³-hybridized carbons (Fsp3) is 0.120. The smallest absolute Gasteiger partial charge is 0.210 e. The third-order valence-corrected chi connectivity index (χ3v) is 7.97. The molecule has 4 heterocycles. The maximum Gasteiger partial charge on any atom is 0.210 e. The molecule has 2 N–H and O–H groups in total. The number of allylic oxidation sites excluding steroid dienone is 1. The first kappa shape index (κ1) is 20.5. The van der Waals surface area contributed by atoms with Crippen LogP contribution in [0.25, 0.3) is 36.7 Å². The van der Waals surface area contributed by atoms with Crippen LogP contribution in [-0.2, 0) is 4.79 Å². The third kappa shape index (κ3) is 3.81. The molecule has 1 aliphatic heterocycles. The normalized spacial score (nSPS) is 16.1. The van der Waals surface area contributed by atoms with Crippen LogP contribution in [0.4, 0.5) is 0 Å². The number of imidazole rings is 1. The Morgan fingerprint density at radius 1 is 1.22 bits per heavy atom. The van der Waals surface area contributed by atoms with Crippen molar-refractivity contribution in [3.05, 3.63) is 84.4 Å². The number of aromatic amines is 1. The molecule has 1 atom stereocenters. The summed E-state index contributed by atoms with van der Waals surface area (Å²) in [6.45, 7) is 6.41. The third-order valence-electron chi connectivity index (χ3n) is 5.50. The minimum Gasteiger partial charge on any atom is -0.368 e. The van der Waals surface area contributed by atoms with E-state index in [4.69, 9.17) is 0 Å². The molecule has 160 valence electrons. The first-order chi connectivity index (χ1) is 15.7. The zero-order valence-electron chi connectivity index (χ0n) is 17.5. The van der Waals surface area contributed by atoms with Crippen molar-refractivity contribution in [2.75, 3.05) is 6.54 Å². The lowest BCUT2D eigenvalue weighted by atomic mass is 10.1. The zero-order chi connectivity index (χ0) is 22.1. The van der Waals surface area contributed by atoms with E-state index in [-0.39, 0.29) is 6.04 Å². The number of thiophene rings is 2. The molecule has 1 aliphatic rings. The Labute approximate surface area is 194 Å². The number of benzene rings is 1. The number of nitrogens with zero attached hydrogens (tertiary/aromatic N) is 2. The van der Waals surface area contributed by atoms with E-state index < -0.39 is 0 Å². The summed E-state index contributed by atoms with van der Waals surface area (Å²) in [5.41, 5.74) is 4.43. The van der Waals surface area contributed by atoms with Gasteiger partial charge in [0, 0.05) is 31.9 Å². The lowest BCUT2D eigenvalue weighted by Gasteiger charge is -2.17. The van der Waals surface area contributed by atoms with Gasteiger partial charge in [0.2, 0.25) is 6.41 Å². The highest BCUT2D eigenvalue weighted by Crippen LogP contribution is 2.40. The van der Waals surface area contributed by atoms with Gasteiger partial charge in [-0.3, -0.25) is 4.79 Å². The second kappa shape index (κ2) is 8.61. The van der Waals surface area contributed by atoms with Crippen molar-refractivity contribution >= 4 is 44.1 Å². The maximum atomic E-state index is 11.2. The first-order valence-electron chi connectivity index (χ1n) is 10.3. The second-order valence-corrected chi connectivity index (χ2v) is 9.75. The van der Waals surface area contributed by atoms with E-state index in [2.05, 4.69) is 65.2 Å². The highest BCUT2D eigenvalue weighted by Gasteiger charge is 2.22. The van der Waals surface area contributed by atoms with E-state index in [1.54, 1.807) is 11.1 Å². The Kier molecular flexibility index (Phi) is 5.51. The molecule has 7 heteroatoms. The molecule has 3 aromatic heterocycles. The SMILES string of the molecule is C=CN/C=C(\C)c1cc2sc(-c3ccc(-c4cnc(C5C=CCN5C=O)[nH]4)cc3)cc2s1. The average molecular weight is 459 g/mol. The van der Waals surface area contributed by atoms with Crippen molar-refractivity contribution in [1.29, 1.82) is 0 Å². The van der Waals surface area contributed by atoms with Crippen LogP contribution in [0.2, 0.25) is 0 Å². The molecule has 1 unspecified atom stereocenters. The van der Waals surface area contributed by atoms with E-state index in [0.717, 1.165) is 23.5 Å². The van der Waals surface area contributed by atoms with Gasteiger partial charge in [0.25, 0.3) is 0 Å². The maximum absolute atomic E-state index is 11.2. The van der Waals surface area contributed by atoms with E-state index in [9.17, 15) is 4.79 Å². The van der Waals surface area contributed by atoms with Gasteiger partial charge in [-0.25, -0.2) is 4.98 Å². The van der Waals surface area contributed by atoms with E-state index in [0.29, 0.717) is 6.54 Å². The molecule has 5 nitrogen and oxygen atoms in total. The number of nitrogens with one attached hydrogen (secondary N) is 2. The van der Waals surface area contributed by atoms with Crippen LogP contribution in [0.5, 0.6) is 0 Å². The van der Waals surface area contributed by atoms with Crippen molar-refractivity contribution in [2.45, 2.75) is 13.0 Å². The van der Waals surface area contributed by atoms with Crippen LogP contribution < -0.4 is 5.32 Å². The molecular formula is C25H22N4OS2. The Balaban J connectivity index is 1.35. The van der Waals surface area contributed by atoms with Gasteiger partial charge in [-0.1, -0.05) is 43.0 Å². The zero-order valence-corrected chi connectivity index (χ0v) is 19.2. The molecule has 32 heavy (non-hydrogen) atoms. The van der Waals surface area contributed by atoms with Gasteiger partial charge in [0.15, 0.2) is 0 Å². The minimum absolute atomic E-state index is 0.115. The summed E-state index contributed by atoms with van der Waals surface area (Å²) in [5, 5.41) is 3.05. The molecule has 0 saturated carbocycles. The molecule has 1 aromatic carbocycles. The summed E-state index contributed by atoms with van der Waals surface area (Å²) >= 11 is 3.62. The summed E-state index contributed by atoms with van der Waals surface area (Å²) in [6.07, 6.45) is 10.3. The molecule has 1 amide bonds. The summed E-state index contributed by atoms with van der Waals surface area (Å²) in [7, 11) is 0. The summed E-state index contributed by atoms with van der Waals surface area (Å²) in [6, 6.07) is 12.9. The number of carbonyl (C=O) groups excluding carboxylic acids is 1. The largest absolute Gasteiger partial charge is 0.368 e. The van der Waals surface area contributed by atoms with Crippen LogP contribution >= 0.6 is 22.7 Å². The highest BCUT2D eigenvalue weighted by atomic mass is 32.1. The number of hydrogen-bond donors (Lipinski definition) is 2. The predicted molar refractivity (Wildman–Crippen MR) is 134 cm³/mol. The van der Waals surface area contributed by atoms with Crippen molar-refractivity contribution in [3.8, 4) is 21.7 Å². The van der Waals surface area contributed by atoms with E-state index >= 15 is 0 Å². The lowest BCUT2D eigenvalue weighted by Crippen LogP contribution is -2.22. The number of aromatic nitrogens is 2. The number of hydrogen-bond acceptors (Lipinski definition) is 5. The molecule has 0 radical (unpaired) electrons.